The van der Waals surface area contributed by atoms with Gasteiger partial charge in [0.05, 0.1) is 0 Å². The van der Waals surface area contributed by atoms with Crippen molar-refractivity contribution in [3.63, 3.8) is 0 Å². The first-order chi connectivity index (χ1) is 9.76. The topological polar surface area (TPSA) is 15.3 Å². The van der Waals surface area contributed by atoms with Crippen LogP contribution in [0.1, 0.15) is 45.1 Å². The van der Waals surface area contributed by atoms with E-state index in [1.165, 1.54) is 43.5 Å². The Morgan fingerprint density at radius 1 is 1.20 bits per heavy atom. The van der Waals surface area contributed by atoms with Crippen molar-refractivity contribution in [2.75, 3.05) is 24.5 Å². The number of anilines is 1. The van der Waals surface area contributed by atoms with Crippen LogP contribution in [-0.2, 0) is 0 Å². The van der Waals surface area contributed by atoms with Crippen molar-refractivity contribution in [1.82, 2.24) is 5.32 Å². The number of hydrogen-bond acceptors (Lipinski definition) is 2. The van der Waals surface area contributed by atoms with Gasteiger partial charge in [-0.1, -0.05) is 31.5 Å². The third-order valence-electron chi connectivity index (χ3n) is 4.73. The molecule has 1 aliphatic carbocycles. The summed E-state index contributed by atoms with van der Waals surface area (Å²) in [4.78, 5) is 2.54. The summed E-state index contributed by atoms with van der Waals surface area (Å²) in [6.45, 7) is 10.1. The number of para-hydroxylation sites is 1. The third kappa shape index (κ3) is 3.76. The lowest BCUT2D eigenvalue weighted by Gasteiger charge is -2.28. The average molecular weight is 274 g/mol. The molecule has 2 unspecified atom stereocenters. The predicted molar refractivity (Wildman–Crippen MR) is 88.5 cm³/mol. The number of benzene rings is 1. The normalized spacial score (nSPS) is 22.1. The summed E-state index contributed by atoms with van der Waals surface area (Å²) in [5.41, 5.74) is 2.80. The van der Waals surface area contributed by atoms with E-state index in [1.807, 2.05) is 0 Å². The number of aryl methyl sites for hydroxylation is 1. The molecule has 0 heterocycles. The van der Waals surface area contributed by atoms with Crippen LogP contribution in [0.5, 0.6) is 0 Å². The maximum Gasteiger partial charge on any atom is 0.0395 e. The van der Waals surface area contributed by atoms with Crippen molar-refractivity contribution in [3.05, 3.63) is 29.8 Å². The number of nitrogens with one attached hydrogen (secondary N) is 1. The van der Waals surface area contributed by atoms with E-state index in [9.17, 15) is 0 Å². The van der Waals surface area contributed by atoms with Crippen molar-refractivity contribution in [2.45, 2.75) is 52.5 Å². The SMILES string of the molecule is CCNC1CCCC1CCN(CC)c1ccccc1C. The Morgan fingerprint density at radius 3 is 2.70 bits per heavy atom. The minimum atomic E-state index is 0.760. The first kappa shape index (κ1) is 15.4. The fourth-order valence-corrected chi connectivity index (χ4v) is 3.60. The second kappa shape index (κ2) is 7.68. The molecular weight excluding hydrogens is 244 g/mol. The Labute approximate surface area is 124 Å². The monoisotopic (exact) mass is 274 g/mol. The molecule has 0 amide bonds. The van der Waals surface area contributed by atoms with Crippen LogP contribution in [0.3, 0.4) is 0 Å². The molecule has 0 bridgehead atoms. The Balaban J connectivity index is 1.92. The minimum Gasteiger partial charge on any atom is -0.372 e. The van der Waals surface area contributed by atoms with Gasteiger partial charge in [-0.2, -0.15) is 0 Å². The van der Waals surface area contributed by atoms with E-state index < -0.39 is 0 Å². The van der Waals surface area contributed by atoms with Crippen LogP contribution in [0.2, 0.25) is 0 Å². The molecule has 20 heavy (non-hydrogen) atoms. The molecular formula is C18H30N2. The molecule has 1 fully saturated rings. The largest absolute Gasteiger partial charge is 0.372 e. The molecule has 1 aliphatic rings. The van der Waals surface area contributed by atoms with E-state index in [-0.39, 0.29) is 0 Å². The Hall–Kier alpha value is -1.02. The second-order valence-electron chi connectivity index (χ2n) is 6.01. The van der Waals surface area contributed by atoms with Gasteiger partial charge in [-0.05, 0) is 57.2 Å². The van der Waals surface area contributed by atoms with Gasteiger partial charge in [0.1, 0.15) is 0 Å². The lowest BCUT2D eigenvalue weighted by Crippen LogP contribution is -2.35. The van der Waals surface area contributed by atoms with E-state index in [0.29, 0.717) is 0 Å². The minimum absolute atomic E-state index is 0.760. The van der Waals surface area contributed by atoms with Gasteiger partial charge in [0, 0.05) is 24.8 Å². The van der Waals surface area contributed by atoms with Crippen molar-refractivity contribution in [2.24, 2.45) is 5.92 Å². The molecule has 1 aromatic rings. The Kier molecular flexibility index (Phi) is 5.90. The second-order valence-corrected chi connectivity index (χ2v) is 6.01. The molecule has 1 N–H and O–H groups in total. The highest BCUT2D eigenvalue weighted by Gasteiger charge is 2.26. The summed E-state index contributed by atoms with van der Waals surface area (Å²) < 4.78 is 0. The number of hydrogen-bond donors (Lipinski definition) is 1. The van der Waals surface area contributed by atoms with Gasteiger partial charge in [0.2, 0.25) is 0 Å². The Bertz CT molecular complexity index is 402. The molecule has 0 aliphatic heterocycles. The molecule has 1 saturated carbocycles. The van der Waals surface area contributed by atoms with Crippen LogP contribution in [0.4, 0.5) is 5.69 Å². The highest BCUT2D eigenvalue weighted by molar-refractivity contribution is 5.52. The number of rotatable bonds is 7. The lowest BCUT2D eigenvalue weighted by atomic mass is 9.99. The van der Waals surface area contributed by atoms with Crippen molar-refractivity contribution in [3.8, 4) is 0 Å². The summed E-state index contributed by atoms with van der Waals surface area (Å²) in [5, 5.41) is 3.67. The zero-order chi connectivity index (χ0) is 14.4. The highest BCUT2D eigenvalue weighted by atomic mass is 15.1. The van der Waals surface area contributed by atoms with E-state index in [4.69, 9.17) is 0 Å². The highest BCUT2D eigenvalue weighted by Crippen LogP contribution is 2.29. The molecule has 1 aromatic carbocycles. The van der Waals surface area contributed by atoms with Gasteiger partial charge < -0.3 is 10.2 Å². The van der Waals surface area contributed by atoms with Gasteiger partial charge in [-0.25, -0.2) is 0 Å². The van der Waals surface area contributed by atoms with Crippen LogP contribution < -0.4 is 10.2 Å². The smallest absolute Gasteiger partial charge is 0.0395 e. The van der Waals surface area contributed by atoms with Gasteiger partial charge >= 0.3 is 0 Å². The molecule has 0 aromatic heterocycles. The van der Waals surface area contributed by atoms with Crippen LogP contribution in [0.25, 0.3) is 0 Å². The Morgan fingerprint density at radius 2 is 2.00 bits per heavy atom. The quantitative estimate of drug-likeness (QED) is 0.809. The summed E-state index contributed by atoms with van der Waals surface area (Å²) in [7, 11) is 0. The fraction of sp³-hybridized carbons (Fsp3) is 0.667. The summed E-state index contributed by atoms with van der Waals surface area (Å²) in [5.74, 6) is 0.869. The van der Waals surface area contributed by atoms with Crippen molar-refractivity contribution >= 4 is 5.69 Å². The number of nitrogens with zero attached hydrogens (tertiary/aromatic N) is 1. The maximum absolute atomic E-state index is 3.67. The van der Waals surface area contributed by atoms with Crippen LogP contribution in [-0.4, -0.2) is 25.7 Å². The third-order valence-corrected chi connectivity index (χ3v) is 4.73. The van der Waals surface area contributed by atoms with Crippen LogP contribution >= 0.6 is 0 Å². The summed E-state index contributed by atoms with van der Waals surface area (Å²) in [6, 6.07) is 9.52. The van der Waals surface area contributed by atoms with E-state index in [0.717, 1.165) is 25.0 Å². The predicted octanol–water partition coefficient (Wildman–Crippen LogP) is 3.99. The van der Waals surface area contributed by atoms with Crippen LogP contribution in [0, 0.1) is 12.8 Å². The maximum atomic E-state index is 3.67. The molecule has 2 nitrogen and oxygen atoms in total. The standard InChI is InChI=1S/C18H30N2/c1-4-19-17-11-8-10-16(17)13-14-20(5-2)18-12-7-6-9-15(18)3/h6-7,9,12,16-17,19H,4-5,8,10-11,13-14H2,1-3H3. The lowest BCUT2D eigenvalue weighted by molar-refractivity contribution is 0.386. The molecule has 0 radical (unpaired) electrons. The van der Waals surface area contributed by atoms with Crippen molar-refractivity contribution in [1.29, 1.82) is 0 Å². The van der Waals surface area contributed by atoms with Gasteiger partial charge in [0.15, 0.2) is 0 Å². The molecule has 2 atom stereocenters. The van der Waals surface area contributed by atoms with E-state index >= 15 is 0 Å². The summed E-state index contributed by atoms with van der Waals surface area (Å²) >= 11 is 0. The van der Waals surface area contributed by atoms with Crippen LogP contribution in [0.15, 0.2) is 24.3 Å². The molecule has 112 valence electrons. The molecule has 2 heteroatoms. The van der Waals surface area contributed by atoms with Gasteiger partial charge in [-0.15, -0.1) is 0 Å². The van der Waals surface area contributed by atoms with Crippen molar-refractivity contribution < 1.29 is 0 Å². The molecule has 0 spiro atoms. The zero-order valence-corrected chi connectivity index (χ0v) is 13.4. The summed E-state index contributed by atoms with van der Waals surface area (Å²) in [6.07, 6.45) is 5.50. The molecule has 2 rings (SSSR count). The van der Waals surface area contributed by atoms with Gasteiger partial charge in [0.25, 0.3) is 0 Å². The fourth-order valence-electron chi connectivity index (χ4n) is 3.60. The first-order valence-corrected chi connectivity index (χ1v) is 8.30. The van der Waals surface area contributed by atoms with E-state index in [2.05, 4.69) is 55.3 Å². The molecule has 0 saturated heterocycles. The zero-order valence-electron chi connectivity index (χ0n) is 13.4. The van der Waals surface area contributed by atoms with E-state index in [1.54, 1.807) is 0 Å². The average Bonchev–Trinajstić information content (AvgIpc) is 2.89. The first-order valence-electron chi connectivity index (χ1n) is 8.30. The van der Waals surface area contributed by atoms with Gasteiger partial charge in [-0.3, -0.25) is 0 Å².